The van der Waals surface area contributed by atoms with Crippen LogP contribution in [0.3, 0.4) is 0 Å². The summed E-state index contributed by atoms with van der Waals surface area (Å²) in [6.07, 6.45) is 0.252. The second-order valence-corrected chi connectivity index (χ2v) is 4.90. The lowest BCUT2D eigenvalue weighted by molar-refractivity contribution is -0.141. The van der Waals surface area contributed by atoms with E-state index in [0.29, 0.717) is 0 Å². The summed E-state index contributed by atoms with van der Waals surface area (Å²) < 4.78 is 0. The number of carboxylic acid groups (broad SMARTS) is 1. The number of nitrogens with zero attached hydrogens (tertiary/aromatic N) is 2. The van der Waals surface area contributed by atoms with Crippen molar-refractivity contribution in [3.8, 4) is 0 Å². The fourth-order valence-corrected chi connectivity index (χ4v) is 2.08. The van der Waals surface area contributed by atoms with Gasteiger partial charge in [-0.2, -0.15) is 5.10 Å². The van der Waals surface area contributed by atoms with Gasteiger partial charge in [0.1, 0.15) is 11.7 Å². The van der Waals surface area contributed by atoms with Gasteiger partial charge in [0.2, 0.25) is 0 Å². The summed E-state index contributed by atoms with van der Waals surface area (Å²) in [6, 6.07) is 9.89. The van der Waals surface area contributed by atoms with Gasteiger partial charge in [-0.25, -0.2) is 4.79 Å². The third-order valence-electron chi connectivity index (χ3n) is 3.27. The molecule has 0 aliphatic rings. The molecule has 2 N–H and O–H groups in total. The van der Waals surface area contributed by atoms with Crippen LogP contribution in [-0.2, 0) is 11.2 Å². The molecule has 1 heterocycles. The Morgan fingerprint density at radius 1 is 1.33 bits per heavy atom. The maximum Gasteiger partial charge on any atom is 0.326 e. The van der Waals surface area contributed by atoms with Gasteiger partial charge in [-0.05, 0) is 18.6 Å². The molecule has 6 nitrogen and oxygen atoms in total. The van der Waals surface area contributed by atoms with Gasteiger partial charge in [0.05, 0.1) is 0 Å². The molecule has 1 aromatic heterocycles. The number of carboxylic acids is 1. The van der Waals surface area contributed by atoms with Gasteiger partial charge in [-0.15, -0.1) is 0 Å². The van der Waals surface area contributed by atoms with Gasteiger partial charge in [-0.3, -0.25) is 9.89 Å². The Bertz CT molecular complexity index is 637. The standard InChI is InChI=1S/C15H17N3O3/c1-10-8-12(17-16-10)14(19)18(2)13(15(20)21)9-11-6-4-3-5-7-11/h3-8,13H,9H2,1-2H3,(H,16,17)(H,20,21). The highest BCUT2D eigenvalue weighted by molar-refractivity contribution is 5.94. The first kappa shape index (κ1) is 14.8. The van der Waals surface area contributed by atoms with Crippen LogP contribution in [0.25, 0.3) is 0 Å². The number of aryl methyl sites for hydroxylation is 1. The normalized spacial score (nSPS) is 11.9. The summed E-state index contributed by atoms with van der Waals surface area (Å²) in [5.41, 5.74) is 1.83. The van der Waals surface area contributed by atoms with Crippen LogP contribution in [0.5, 0.6) is 0 Å². The van der Waals surface area contributed by atoms with Crippen LogP contribution in [0.1, 0.15) is 21.7 Å². The molecule has 0 aliphatic carbocycles. The number of carbonyl (C=O) groups is 2. The van der Waals surface area contributed by atoms with Crippen LogP contribution in [0.4, 0.5) is 0 Å². The molecule has 0 saturated heterocycles. The van der Waals surface area contributed by atoms with Crippen molar-refractivity contribution in [2.45, 2.75) is 19.4 Å². The van der Waals surface area contributed by atoms with Crippen LogP contribution in [-0.4, -0.2) is 45.2 Å². The van der Waals surface area contributed by atoms with Gasteiger partial charge >= 0.3 is 5.97 Å². The quantitative estimate of drug-likeness (QED) is 0.872. The first-order valence-corrected chi connectivity index (χ1v) is 6.55. The Morgan fingerprint density at radius 2 is 2.00 bits per heavy atom. The highest BCUT2D eigenvalue weighted by Crippen LogP contribution is 2.11. The van der Waals surface area contributed by atoms with Crippen LogP contribution in [0.15, 0.2) is 36.4 Å². The third kappa shape index (κ3) is 3.47. The van der Waals surface area contributed by atoms with Crippen molar-refractivity contribution in [1.29, 1.82) is 0 Å². The zero-order valence-electron chi connectivity index (χ0n) is 11.9. The highest BCUT2D eigenvalue weighted by atomic mass is 16.4. The Morgan fingerprint density at radius 3 is 2.52 bits per heavy atom. The smallest absolute Gasteiger partial charge is 0.326 e. The number of amides is 1. The zero-order valence-corrected chi connectivity index (χ0v) is 11.9. The van der Waals surface area contributed by atoms with Crippen molar-refractivity contribution >= 4 is 11.9 Å². The lowest BCUT2D eigenvalue weighted by atomic mass is 10.0. The van der Waals surface area contributed by atoms with Gasteiger partial charge in [0.25, 0.3) is 5.91 Å². The lowest BCUT2D eigenvalue weighted by Gasteiger charge is -2.24. The number of hydrogen-bond donors (Lipinski definition) is 2. The molecular formula is C15H17N3O3. The zero-order chi connectivity index (χ0) is 15.4. The minimum atomic E-state index is -1.04. The van der Waals surface area contributed by atoms with E-state index in [2.05, 4.69) is 10.2 Å². The predicted octanol–water partition coefficient (Wildman–Crippen LogP) is 1.49. The monoisotopic (exact) mass is 287 g/mol. The second-order valence-electron chi connectivity index (χ2n) is 4.90. The van der Waals surface area contributed by atoms with Crippen molar-refractivity contribution < 1.29 is 14.7 Å². The van der Waals surface area contributed by atoms with E-state index in [9.17, 15) is 14.7 Å². The molecule has 6 heteroatoms. The molecule has 0 radical (unpaired) electrons. The first-order valence-electron chi connectivity index (χ1n) is 6.55. The molecule has 0 bridgehead atoms. The van der Waals surface area contributed by atoms with Crippen LogP contribution in [0.2, 0.25) is 0 Å². The van der Waals surface area contributed by atoms with Crippen LogP contribution < -0.4 is 0 Å². The minimum Gasteiger partial charge on any atom is -0.480 e. The van der Waals surface area contributed by atoms with Gasteiger partial charge in [-0.1, -0.05) is 30.3 Å². The third-order valence-corrected chi connectivity index (χ3v) is 3.27. The Kier molecular flexibility index (Phi) is 4.37. The maximum atomic E-state index is 12.3. The van der Waals surface area contributed by atoms with Crippen molar-refractivity contribution in [1.82, 2.24) is 15.1 Å². The summed E-state index contributed by atoms with van der Waals surface area (Å²) in [4.78, 5) is 25.0. The van der Waals surface area contributed by atoms with Crippen LogP contribution in [0, 0.1) is 6.92 Å². The number of likely N-dealkylation sites (N-methyl/N-ethyl adjacent to an activating group) is 1. The molecule has 2 rings (SSSR count). The summed E-state index contributed by atoms with van der Waals surface area (Å²) in [6.45, 7) is 1.78. The average Bonchev–Trinajstić information content (AvgIpc) is 2.90. The lowest BCUT2D eigenvalue weighted by Crippen LogP contribution is -2.44. The molecule has 21 heavy (non-hydrogen) atoms. The van der Waals surface area contributed by atoms with Crippen molar-refractivity contribution in [3.63, 3.8) is 0 Å². The summed E-state index contributed by atoms with van der Waals surface area (Å²) in [7, 11) is 1.48. The van der Waals surface area contributed by atoms with E-state index in [1.54, 1.807) is 13.0 Å². The number of carbonyl (C=O) groups excluding carboxylic acids is 1. The van der Waals surface area contributed by atoms with Crippen molar-refractivity contribution in [2.75, 3.05) is 7.05 Å². The van der Waals surface area contributed by atoms with E-state index in [-0.39, 0.29) is 12.1 Å². The Labute approximate surface area is 122 Å². The topological polar surface area (TPSA) is 86.3 Å². The molecule has 0 fully saturated rings. The van der Waals surface area contributed by atoms with Crippen molar-refractivity contribution in [2.24, 2.45) is 0 Å². The highest BCUT2D eigenvalue weighted by Gasteiger charge is 2.28. The number of benzene rings is 1. The molecule has 110 valence electrons. The van der Waals surface area contributed by atoms with Gasteiger partial charge in [0, 0.05) is 19.2 Å². The number of aliphatic carboxylic acids is 1. The number of aromatic amines is 1. The minimum absolute atomic E-state index is 0.217. The predicted molar refractivity (Wildman–Crippen MR) is 77.0 cm³/mol. The van der Waals surface area contributed by atoms with E-state index in [1.807, 2.05) is 30.3 Å². The molecule has 0 aliphatic heterocycles. The number of rotatable bonds is 5. The van der Waals surface area contributed by atoms with Gasteiger partial charge in [0.15, 0.2) is 0 Å². The maximum absolute atomic E-state index is 12.3. The molecule has 1 atom stereocenters. The SMILES string of the molecule is Cc1cc(C(=O)N(C)C(Cc2ccccc2)C(=O)O)n[nH]1. The fraction of sp³-hybridized carbons (Fsp3) is 0.267. The van der Waals surface area contributed by atoms with E-state index < -0.39 is 17.9 Å². The number of hydrogen-bond acceptors (Lipinski definition) is 3. The molecular weight excluding hydrogens is 270 g/mol. The fourth-order valence-electron chi connectivity index (χ4n) is 2.08. The Balaban J connectivity index is 2.18. The average molecular weight is 287 g/mol. The Hall–Kier alpha value is -2.63. The molecule has 1 unspecified atom stereocenters. The van der Waals surface area contributed by atoms with E-state index in [4.69, 9.17) is 0 Å². The van der Waals surface area contributed by atoms with E-state index >= 15 is 0 Å². The van der Waals surface area contributed by atoms with Crippen LogP contribution >= 0.6 is 0 Å². The second kappa shape index (κ2) is 6.21. The number of aromatic nitrogens is 2. The summed E-state index contributed by atoms with van der Waals surface area (Å²) in [5.74, 6) is -1.45. The molecule has 1 aromatic carbocycles. The van der Waals surface area contributed by atoms with Gasteiger partial charge < -0.3 is 10.0 Å². The number of nitrogens with one attached hydrogen (secondary N) is 1. The molecule has 0 saturated carbocycles. The van der Waals surface area contributed by atoms with E-state index in [1.165, 1.54) is 11.9 Å². The summed E-state index contributed by atoms with van der Waals surface area (Å²) >= 11 is 0. The van der Waals surface area contributed by atoms with E-state index in [0.717, 1.165) is 11.3 Å². The largest absolute Gasteiger partial charge is 0.480 e. The molecule has 1 amide bonds. The first-order chi connectivity index (χ1) is 9.99. The van der Waals surface area contributed by atoms with Crippen molar-refractivity contribution in [3.05, 3.63) is 53.3 Å². The molecule has 2 aromatic rings. The number of H-pyrrole nitrogens is 1. The molecule has 0 spiro atoms. The summed E-state index contributed by atoms with van der Waals surface area (Å²) in [5, 5.41) is 15.9.